The van der Waals surface area contributed by atoms with Crippen molar-refractivity contribution in [3.63, 3.8) is 0 Å². The van der Waals surface area contributed by atoms with Crippen molar-refractivity contribution in [3.05, 3.63) is 82.3 Å². The Morgan fingerprint density at radius 3 is 2.56 bits per heavy atom. The Morgan fingerprint density at radius 2 is 1.78 bits per heavy atom. The molecule has 0 saturated heterocycles. The fraction of sp³-hybridized carbons (Fsp3) is 0.320. The number of furan rings is 1. The fourth-order valence-corrected chi connectivity index (χ4v) is 4.32. The van der Waals surface area contributed by atoms with Crippen LogP contribution >= 0.6 is 23.4 Å². The van der Waals surface area contributed by atoms with E-state index in [2.05, 4.69) is 5.32 Å². The highest BCUT2D eigenvalue weighted by Crippen LogP contribution is 2.28. The number of carbonyl (C=O) groups is 1. The highest BCUT2D eigenvalue weighted by molar-refractivity contribution is 7.97. The van der Waals surface area contributed by atoms with Crippen LogP contribution in [0.3, 0.4) is 0 Å². The highest BCUT2D eigenvalue weighted by Gasteiger charge is 2.12. The van der Waals surface area contributed by atoms with Gasteiger partial charge in [-0.1, -0.05) is 35.9 Å². The van der Waals surface area contributed by atoms with Crippen molar-refractivity contribution in [2.75, 3.05) is 19.8 Å². The summed E-state index contributed by atoms with van der Waals surface area (Å²) in [5.41, 5.74) is 2.15. The third-order valence-corrected chi connectivity index (χ3v) is 6.02. The van der Waals surface area contributed by atoms with Gasteiger partial charge in [0.1, 0.15) is 5.76 Å². The number of benzene rings is 2. The molecule has 3 rings (SSSR count). The first kappa shape index (κ1) is 24.1. The number of thioether (sulfide) groups is 1. The van der Waals surface area contributed by atoms with Gasteiger partial charge in [0.2, 0.25) is 0 Å². The van der Waals surface area contributed by atoms with E-state index in [4.69, 9.17) is 25.5 Å². The number of hydrogen-bond donors (Lipinski definition) is 1. The third kappa shape index (κ3) is 6.97. The van der Waals surface area contributed by atoms with E-state index in [0.717, 1.165) is 39.2 Å². The normalized spacial score (nSPS) is 10.7. The summed E-state index contributed by atoms with van der Waals surface area (Å²) in [6, 6.07) is 17.2. The molecule has 3 aromatic rings. The molecular formula is C25H28ClNO4S. The summed E-state index contributed by atoms with van der Waals surface area (Å²) < 4.78 is 17.0. The molecule has 170 valence electrons. The molecule has 0 saturated carbocycles. The summed E-state index contributed by atoms with van der Waals surface area (Å²) in [6.45, 7) is 5.53. The van der Waals surface area contributed by atoms with Gasteiger partial charge in [-0.15, -0.1) is 11.8 Å². The second kappa shape index (κ2) is 12.5. The maximum absolute atomic E-state index is 12.4. The molecule has 7 heteroatoms. The number of amides is 1. The summed E-state index contributed by atoms with van der Waals surface area (Å²) >= 11 is 7.88. The Morgan fingerprint density at radius 1 is 1.00 bits per heavy atom. The zero-order valence-electron chi connectivity index (χ0n) is 18.4. The second-order valence-electron chi connectivity index (χ2n) is 7.00. The van der Waals surface area contributed by atoms with Crippen molar-refractivity contribution < 1.29 is 18.7 Å². The predicted molar refractivity (Wildman–Crippen MR) is 130 cm³/mol. The molecule has 0 aliphatic heterocycles. The maximum Gasteiger partial charge on any atom is 0.287 e. The van der Waals surface area contributed by atoms with E-state index >= 15 is 0 Å². The summed E-state index contributed by atoms with van der Waals surface area (Å²) in [6.07, 6.45) is 0.680. The second-order valence-corrected chi connectivity index (χ2v) is 8.40. The highest BCUT2D eigenvalue weighted by atomic mass is 35.5. The molecule has 0 unspecified atom stereocenters. The topological polar surface area (TPSA) is 60.7 Å². The molecule has 0 atom stereocenters. The van der Waals surface area contributed by atoms with Gasteiger partial charge in [-0.2, -0.15) is 0 Å². The Bertz CT molecular complexity index is 1020. The standard InChI is InChI=1S/C25H28ClNO4S/c1-3-29-22-11-9-18(15-24(22)30-4-2)13-14-27-25(28)23-12-10-20(31-23)17-32-16-19-7-5-6-8-21(19)26/h5-12,15H,3-4,13-14,16-17H2,1-2H3,(H,27,28). The number of halogens is 1. The van der Waals surface area contributed by atoms with E-state index in [-0.39, 0.29) is 5.91 Å². The lowest BCUT2D eigenvalue weighted by atomic mass is 10.1. The van der Waals surface area contributed by atoms with Crippen molar-refractivity contribution in [2.24, 2.45) is 0 Å². The molecule has 0 aliphatic carbocycles. The predicted octanol–water partition coefficient (Wildman–Crippen LogP) is 6.14. The van der Waals surface area contributed by atoms with Gasteiger partial charge in [0.15, 0.2) is 17.3 Å². The Kier molecular flexibility index (Phi) is 9.38. The molecular weight excluding hydrogens is 446 g/mol. The van der Waals surface area contributed by atoms with Crippen LogP contribution in [0.1, 0.15) is 41.3 Å². The first-order valence-corrected chi connectivity index (χ1v) is 12.2. The summed E-state index contributed by atoms with van der Waals surface area (Å²) in [5, 5.41) is 3.68. The lowest BCUT2D eigenvalue weighted by molar-refractivity contribution is 0.0925. The largest absolute Gasteiger partial charge is 0.490 e. The van der Waals surface area contributed by atoms with Gasteiger partial charge in [0.25, 0.3) is 5.91 Å². The van der Waals surface area contributed by atoms with Crippen LogP contribution in [-0.2, 0) is 17.9 Å². The minimum Gasteiger partial charge on any atom is -0.490 e. The molecule has 1 heterocycles. The van der Waals surface area contributed by atoms with E-state index in [1.807, 2.05) is 62.4 Å². The van der Waals surface area contributed by atoms with Gasteiger partial charge in [-0.25, -0.2) is 0 Å². The molecule has 0 fully saturated rings. The van der Waals surface area contributed by atoms with Gasteiger partial charge in [0.05, 0.1) is 19.0 Å². The quantitative estimate of drug-likeness (QED) is 0.342. The number of nitrogens with one attached hydrogen (secondary N) is 1. The molecule has 0 radical (unpaired) electrons. The van der Waals surface area contributed by atoms with E-state index in [1.54, 1.807) is 17.8 Å². The monoisotopic (exact) mass is 473 g/mol. The van der Waals surface area contributed by atoms with Crippen LogP contribution in [0.15, 0.2) is 59.0 Å². The van der Waals surface area contributed by atoms with Crippen molar-refractivity contribution in [2.45, 2.75) is 31.8 Å². The molecule has 2 aromatic carbocycles. The van der Waals surface area contributed by atoms with Gasteiger partial charge in [-0.3, -0.25) is 4.79 Å². The first-order valence-electron chi connectivity index (χ1n) is 10.7. The van der Waals surface area contributed by atoms with Gasteiger partial charge < -0.3 is 19.2 Å². The van der Waals surface area contributed by atoms with Gasteiger partial charge in [0, 0.05) is 17.3 Å². The molecule has 0 bridgehead atoms. The average Bonchev–Trinajstić information content (AvgIpc) is 3.26. The SMILES string of the molecule is CCOc1ccc(CCNC(=O)c2ccc(CSCc3ccccc3Cl)o2)cc1OCC. The van der Waals surface area contributed by atoms with Crippen LogP contribution in [0.5, 0.6) is 11.5 Å². The first-order chi connectivity index (χ1) is 15.6. The summed E-state index contributed by atoms with van der Waals surface area (Å²) in [5.74, 6) is 3.78. The Labute approximate surface area is 198 Å². The Hall–Kier alpha value is -2.57. The van der Waals surface area contributed by atoms with E-state index < -0.39 is 0 Å². The van der Waals surface area contributed by atoms with Crippen LogP contribution in [0.2, 0.25) is 5.02 Å². The maximum atomic E-state index is 12.4. The lowest BCUT2D eigenvalue weighted by Gasteiger charge is -2.12. The van der Waals surface area contributed by atoms with Crippen molar-refractivity contribution >= 4 is 29.3 Å². The van der Waals surface area contributed by atoms with Gasteiger partial charge in [-0.05, 0) is 61.7 Å². The van der Waals surface area contributed by atoms with E-state index in [9.17, 15) is 4.79 Å². The number of ether oxygens (including phenoxy) is 2. The van der Waals surface area contributed by atoms with Crippen LogP contribution in [-0.4, -0.2) is 25.7 Å². The fourth-order valence-electron chi connectivity index (χ4n) is 3.11. The van der Waals surface area contributed by atoms with Crippen LogP contribution in [0, 0.1) is 0 Å². The average molecular weight is 474 g/mol. The van der Waals surface area contributed by atoms with E-state index in [1.165, 1.54) is 0 Å². The number of rotatable bonds is 12. The van der Waals surface area contributed by atoms with E-state index in [0.29, 0.717) is 37.7 Å². The van der Waals surface area contributed by atoms with Crippen LogP contribution < -0.4 is 14.8 Å². The molecule has 1 N–H and O–H groups in total. The lowest BCUT2D eigenvalue weighted by Crippen LogP contribution is -2.25. The van der Waals surface area contributed by atoms with Crippen LogP contribution in [0.4, 0.5) is 0 Å². The molecule has 1 aromatic heterocycles. The van der Waals surface area contributed by atoms with Crippen molar-refractivity contribution in [1.82, 2.24) is 5.32 Å². The van der Waals surface area contributed by atoms with Crippen molar-refractivity contribution in [1.29, 1.82) is 0 Å². The number of carbonyl (C=O) groups excluding carboxylic acids is 1. The zero-order chi connectivity index (χ0) is 22.8. The third-order valence-electron chi connectivity index (χ3n) is 4.65. The molecule has 5 nitrogen and oxygen atoms in total. The molecule has 0 spiro atoms. The van der Waals surface area contributed by atoms with Crippen molar-refractivity contribution in [3.8, 4) is 11.5 Å². The summed E-state index contributed by atoms with van der Waals surface area (Å²) in [4.78, 5) is 12.4. The zero-order valence-corrected chi connectivity index (χ0v) is 19.9. The summed E-state index contributed by atoms with van der Waals surface area (Å²) in [7, 11) is 0. The van der Waals surface area contributed by atoms with Crippen LogP contribution in [0.25, 0.3) is 0 Å². The molecule has 0 aliphatic rings. The smallest absolute Gasteiger partial charge is 0.287 e. The van der Waals surface area contributed by atoms with Gasteiger partial charge >= 0.3 is 0 Å². The minimum absolute atomic E-state index is 0.219. The minimum atomic E-state index is -0.219. The number of hydrogen-bond acceptors (Lipinski definition) is 5. The molecule has 32 heavy (non-hydrogen) atoms. The Balaban J connectivity index is 1.46. The molecule has 1 amide bonds.